The molecule has 0 aliphatic carbocycles. The molecule has 0 bridgehead atoms. The average Bonchev–Trinajstić information content (AvgIpc) is 2.88. The first-order valence-electron chi connectivity index (χ1n) is 9.07. The normalized spacial score (nSPS) is 13.2. The number of hydrogen-bond acceptors (Lipinski definition) is 1. The first-order chi connectivity index (χ1) is 11.0. The summed E-state index contributed by atoms with van der Waals surface area (Å²) in [6.45, 7) is 12.1. The van der Waals surface area contributed by atoms with Crippen LogP contribution < -0.4 is 0 Å². The third-order valence-corrected chi connectivity index (χ3v) is 5.04. The fourth-order valence-corrected chi connectivity index (χ4v) is 3.26. The van der Waals surface area contributed by atoms with Gasteiger partial charge in [-0.05, 0) is 41.3 Å². The van der Waals surface area contributed by atoms with Gasteiger partial charge in [0.15, 0.2) is 0 Å². The van der Waals surface area contributed by atoms with Crippen molar-refractivity contribution in [2.24, 2.45) is 11.8 Å². The van der Waals surface area contributed by atoms with E-state index in [0.717, 1.165) is 19.3 Å². The van der Waals surface area contributed by atoms with Crippen molar-refractivity contribution in [1.82, 2.24) is 4.57 Å². The van der Waals surface area contributed by atoms with Crippen LogP contribution in [0.5, 0.6) is 0 Å². The Labute approximate surface area is 140 Å². The second-order valence-corrected chi connectivity index (χ2v) is 7.22. The summed E-state index contributed by atoms with van der Waals surface area (Å²) in [5.74, 6) is 1.30. The van der Waals surface area contributed by atoms with E-state index in [-0.39, 0.29) is 5.92 Å². The molecule has 0 aliphatic rings. The molecule has 2 aromatic rings. The number of benzene rings is 1. The van der Waals surface area contributed by atoms with E-state index in [4.69, 9.17) is 0 Å². The van der Waals surface area contributed by atoms with Crippen molar-refractivity contribution in [2.45, 2.75) is 66.3 Å². The van der Waals surface area contributed by atoms with Crippen LogP contribution in [0.4, 0.5) is 0 Å². The van der Waals surface area contributed by atoms with Crippen LogP contribution in [0.2, 0.25) is 0 Å². The van der Waals surface area contributed by atoms with E-state index in [2.05, 4.69) is 56.5 Å². The summed E-state index contributed by atoms with van der Waals surface area (Å²) >= 11 is 0. The zero-order chi connectivity index (χ0) is 17.0. The van der Waals surface area contributed by atoms with Crippen molar-refractivity contribution in [2.75, 3.05) is 0 Å². The second-order valence-electron chi connectivity index (χ2n) is 7.22. The molecule has 1 atom stereocenters. The van der Waals surface area contributed by atoms with Crippen molar-refractivity contribution < 1.29 is 4.79 Å². The van der Waals surface area contributed by atoms with Gasteiger partial charge in [0.1, 0.15) is 6.29 Å². The molecule has 0 fully saturated rings. The lowest BCUT2D eigenvalue weighted by Crippen LogP contribution is -2.14. The number of rotatable bonds is 8. The molecule has 1 unspecified atom stereocenters. The number of aldehydes is 1. The summed E-state index contributed by atoms with van der Waals surface area (Å²) in [5.41, 5.74) is 4.01. The molecule has 2 nitrogen and oxygen atoms in total. The van der Waals surface area contributed by atoms with E-state index in [1.807, 2.05) is 6.92 Å². The van der Waals surface area contributed by atoms with Crippen molar-refractivity contribution in [3.05, 3.63) is 35.5 Å². The molecule has 23 heavy (non-hydrogen) atoms. The number of carbonyl (C=O) groups excluding carboxylic acids is 1. The van der Waals surface area contributed by atoms with Crippen LogP contribution in [0.1, 0.15) is 64.6 Å². The molecule has 1 aromatic heterocycles. The van der Waals surface area contributed by atoms with E-state index in [1.54, 1.807) is 0 Å². The smallest absolute Gasteiger partial charge is 0.123 e. The van der Waals surface area contributed by atoms with Crippen molar-refractivity contribution in [3.63, 3.8) is 0 Å². The van der Waals surface area contributed by atoms with Gasteiger partial charge in [-0.25, -0.2) is 0 Å². The van der Waals surface area contributed by atoms with Crippen molar-refractivity contribution in [1.29, 1.82) is 0 Å². The molecular formula is C21H31NO. The standard InChI is InChI=1S/C21H31NO/c1-6-17(7-2)13-22-20(10-16(5)14-23)11-19-9-8-18(15(3)4)12-21(19)22/h8-9,11-12,14-17H,6-7,10,13H2,1-5H3. The summed E-state index contributed by atoms with van der Waals surface area (Å²) in [4.78, 5) is 11.1. The Kier molecular flexibility index (Phi) is 6.04. The van der Waals surface area contributed by atoms with E-state index in [9.17, 15) is 4.79 Å². The third-order valence-electron chi connectivity index (χ3n) is 5.04. The highest BCUT2D eigenvalue weighted by molar-refractivity contribution is 5.82. The molecule has 126 valence electrons. The van der Waals surface area contributed by atoms with E-state index in [0.29, 0.717) is 11.8 Å². The molecule has 2 rings (SSSR count). The van der Waals surface area contributed by atoms with Crippen LogP contribution in [0.25, 0.3) is 10.9 Å². The average molecular weight is 313 g/mol. The fourth-order valence-electron chi connectivity index (χ4n) is 3.26. The minimum absolute atomic E-state index is 0.0735. The molecule has 0 saturated heterocycles. The first-order valence-corrected chi connectivity index (χ1v) is 9.07. The Morgan fingerprint density at radius 2 is 1.78 bits per heavy atom. The summed E-state index contributed by atoms with van der Waals surface area (Å²) < 4.78 is 2.47. The van der Waals surface area contributed by atoms with Crippen LogP contribution in [-0.4, -0.2) is 10.9 Å². The van der Waals surface area contributed by atoms with Gasteiger partial charge in [-0.1, -0.05) is 59.6 Å². The quantitative estimate of drug-likeness (QED) is 0.583. The van der Waals surface area contributed by atoms with Gasteiger partial charge in [-0.15, -0.1) is 0 Å². The SMILES string of the molecule is CCC(CC)Cn1c(CC(C)C=O)cc2ccc(C(C)C)cc21. The lowest BCUT2D eigenvalue weighted by molar-refractivity contribution is -0.110. The Balaban J connectivity index is 2.51. The zero-order valence-corrected chi connectivity index (χ0v) is 15.3. The maximum Gasteiger partial charge on any atom is 0.123 e. The van der Waals surface area contributed by atoms with Crippen LogP contribution in [0.15, 0.2) is 24.3 Å². The first kappa shape index (κ1) is 17.8. The number of aromatic nitrogens is 1. The molecule has 1 heterocycles. The van der Waals surface area contributed by atoms with E-state index < -0.39 is 0 Å². The molecule has 0 saturated carbocycles. The Morgan fingerprint density at radius 1 is 1.09 bits per heavy atom. The second kappa shape index (κ2) is 7.81. The summed E-state index contributed by atoms with van der Waals surface area (Å²) in [5, 5.41) is 1.30. The Hall–Kier alpha value is -1.57. The highest BCUT2D eigenvalue weighted by Gasteiger charge is 2.15. The maximum atomic E-state index is 11.1. The van der Waals surface area contributed by atoms with Gasteiger partial charge < -0.3 is 9.36 Å². The minimum atomic E-state index is 0.0735. The van der Waals surface area contributed by atoms with Gasteiger partial charge >= 0.3 is 0 Å². The van der Waals surface area contributed by atoms with E-state index in [1.165, 1.54) is 35.0 Å². The molecule has 2 heteroatoms. The van der Waals surface area contributed by atoms with Crippen LogP contribution in [-0.2, 0) is 17.8 Å². The van der Waals surface area contributed by atoms with Crippen molar-refractivity contribution in [3.8, 4) is 0 Å². The van der Waals surface area contributed by atoms with Crippen LogP contribution in [0, 0.1) is 11.8 Å². The topological polar surface area (TPSA) is 22.0 Å². The predicted molar refractivity (Wildman–Crippen MR) is 99.0 cm³/mol. The molecule has 0 spiro atoms. The van der Waals surface area contributed by atoms with Crippen LogP contribution >= 0.6 is 0 Å². The predicted octanol–water partition coefficient (Wildman–Crippen LogP) is 5.58. The maximum absolute atomic E-state index is 11.1. The highest BCUT2D eigenvalue weighted by Crippen LogP contribution is 2.28. The molecule has 0 N–H and O–H groups in total. The number of hydrogen-bond donors (Lipinski definition) is 0. The summed E-state index contributed by atoms with van der Waals surface area (Å²) in [7, 11) is 0. The molecule has 0 amide bonds. The minimum Gasteiger partial charge on any atom is -0.344 e. The van der Waals surface area contributed by atoms with Gasteiger partial charge in [0.25, 0.3) is 0 Å². The molecule has 0 radical (unpaired) electrons. The Bertz CT molecular complexity index is 649. The lowest BCUT2D eigenvalue weighted by Gasteiger charge is -2.18. The molecule has 0 aliphatic heterocycles. The fraction of sp³-hybridized carbons (Fsp3) is 0.571. The summed E-state index contributed by atoms with van der Waals surface area (Å²) in [6, 6.07) is 9.10. The largest absolute Gasteiger partial charge is 0.344 e. The van der Waals surface area contributed by atoms with E-state index >= 15 is 0 Å². The third kappa shape index (κ3) is 4.04. The monoisotopic (exact) mass is 313 g/mol. The van der Waals surface area contributed by atoms with Gasteiger partial charge in [0.05, 0.1) is 0 Å². The summed E-state index contributed by atoms with van der Waals surface area (Å²) in [6.07, 6.45) is 4.29. The highest BCUT2D eigenvalue weighted by atomic mass is 16.1. The van der Waals surface area contributed by atoms with Gasteiger partial charge in [0, 0.05) is 23.7 Å². The van der Waals surface area contributed by atoms with Crippen molar-refractivity contribution >= 4 is 17.2 Å². The number of nitrogens with zero attached hydrogens (tertiary/aromatic N) is 1. The number of fused-ring (bicyclic) bond motifs is 1. The van der Waals surface area contributed by atoms with Gasteiger partial charge in [-0.2, -0.15) is 0 Å². The van der Waals surface area contributed by atoms with Crippen LogP contribution in [0.3, 0.4) is 0 Å². The molecular weight excluding hydrogens is 282 g/mol. The lowest BCUT2D eigenvalue weighted by atomic mass is 10.0. The zero-order valence-electron chi connectivity index (χ0n) is 15.3. The molecule has 1 aromatic carbocycles. The number of carbonyl (C=O) groups is 1. The van der Waals surface area contributed by atoms with Gasteiger partial charge in [-0.3, -0.25) is 0 Å². The van der Waals surface area contributed by atoms with Gasteiger partial charge in [0.2, 0.25) is 0 Å². The Morgan fingerprint density at radius 3 is 2.35 bits per heavy atom.